The minimum atomic E-state index is 0.281. The van der Waals surface area contributed by atoms with Crippen molar-refractivity contribution in [2.24, 2.45) is 4.99 Å². The van der Waals surface area contributed by atoms with E-state index in [1.165, 1.54) is 10.6 Å². The van der Waals surface area contributed by atoms with Crippen LogP contribution in [0.2, 0.25) is 0 Å². The Hall–Kier alpha value is -1.89. The third kappa shape index (κ3) is 3.71. The van der Waals surface area contributed by atoms with Gasteiger partial charge in [0, 0.05) is 12.0 Å². The van der Waals surface area contributed by atoms with Crippen molar-refractivity contribution < 1.29 is 9.47 Å². The standard InChI is InChI=1S/C19H20N2O2S2/c1-22-15-8-6-14(7-9-15)20-19-21(12-16-4-2-10-23-16)17(13-25-19)18-5-3-11-24-18/h3,5-9,11,13,16H,2,4,10,12H2,1H3. The van der Waals surface area contributed by atoms with Gasteiger partial charge in [0.25, 0.3) is 0 Å². The van der Waals surface area contributed by atoms with Crippen LogP contribution in [0, 0.1) is 0 Å². The van der Waals surface area contributed by atoms with E-state index in [1.54, 1.807) is 29.8 Å². The first-order valence-corrected chi connectivity index (χ1v) is 10.1. The molecule has 1 saturated heterocycles. The predicted molar refractivity (Wildman–Crippen MR) is 103 cm³/mol. The Morgan fingerprint density at radius 2 is 2.12 bits per heavy atom. The highest BCUT2D eigenvalue weighted by Gasteiger charge is 2.19. The smallest absolute Gasteiger partial charge is 0.190 e. The third-order valence-corrected chi connectivity index (χ3v) is 6.03. The summed E-state index contributed by atoms with van der Waals surface area (Å²) < 4.78 is 13.4. The number of thiazole rings is 1. The Balaban J connectivity index is 1.73. The molecular weight excluding hydrogens is 352 g/mol. The molecule has 0 N–H and O–H groups in total. The summed E-state index contributed by atoms with van der Waals surface area (Å²) in [7, 11) is 1.67. The Labute approximate surface area is 155 Å². The van der Waals surface area contributed by atoms with Crippen LogP contribution in [0.3, 0.4) is 0 Å². The summed E-state index contributed by atoms with van der Waals surface area (Å²) in [5, 5.41) is 4.31. The first-order valence-electron chi connectivity index (χ1n) is 8.36. The molecular formula is C19H20N2O2S2. The van der Waals surface area contributed by atoms with E-state index in [0.29, 0.717) is 0 Å². The molecule has 3 heterocycles. The summed E-state index contributed by atoms with van der Waals surface area (Å²) >= 11 is 3.44. The van der Waals surface area contributed by atoms with Crippen LogP contribution >= 0.6 is 22.7 Å². The van der Waals surface area contributed by atoms with E-state index in [2.05, 4.69) is 27.5 Å². The van der Waals surface area contributed by atoms with Crippen molar-refractivity contribution in [2.45, 2.75) is 25.5 Å². The molecule has 25 heavy (non-hydrogen) atoms. The molecule has 0 aliphatic carbocycles. The number of ether oxygens (including phenoxy) is 2. The van der Waals surface area contributed by atoms with Crippen molar-refractivity contribution in [3.8, 4) is 16.3 Å². The first-order chi connectivity index (χ1) is 12.3. The number of hydrogen-bond donors (Lipinski definition) is 0. The molecule has 1 fully saturated rings. The summed E-state index contributed by atoms with van der Waals surface area (Å²) in [4.78, 5) is 7.14. The Morgan fingerprint density at radius 1 is 1.24 bits per heavy atom. The molecule has 0 bridgehead atoms. The Bertz CT molecular complexity index is 873. The van der Waals surface area contributed by atoms with Gasteiger partial charge in [0.1, 0.15) is 5.75 Å². The van der Waals surface area contributed by atoms with Crippen molar-refractivity contribution in [3.05, 3.63) is 52.0 Å². The van der Waals surface area contributed by atoms with Crippen molar-refractivity contribution in [1.82, 2.24) is 4.57 Å². The molecule has 1 aromatic carbocycles. The van der Waals surface area contributed by atoms with E-state index in [1.807, 2.05) is 24.3 Å². The lowest BCUT2D eigenvalue weighted by molar-refractivity contribution is 0.0968. The van der Waals surface area contributed by atoms with Gasteiger partial charge < -0.3 is 14.0 Å². The number of benzene rings is 1. The maximum atomic E-state index is 5.86. The topological polar surface area (TPSA) is 35.8 Å². The van der Waals surface area contributed by atoms with Crippen LogP contribution in [0.1, 0.15) is 12.8 Å². The zero-order chi connectivity index (χ0) is 17.1. The minimum Gasteiger partial charge on any atom is -0.497 e. The predicted octanol–water partition coefficient (Wildman–Crippen LogP) is 4.70. The van der Waals surface area contributed by atoms with Crippen LogP contribution in [0.15, 0.2) is 52.2 Å². The quantitative estimate of drug-likeness (QED) is 0.651. The maximum Gasteiger partial charge on any atom is 0.190 e. The fraction of sp³-hybridized carbons (Fsp3) is 0.316. The van der Waals surface area contributed by atoms with Crippen LogP contribution in [-0.2, 0) is 11.3 Å². The molecule has 0 radical (unpaired) electrons. The average Bonchev–Trinajstić information content (AvgIpc) is 3.39. The highest BCUT2D eigenvalue weighted by molar-refractivity contribution is 7.14. The molecule has 1 aliphatic heterocycles. The molecule has 2 aromatic heterocycles. The Morgan fingerprint density at radius 3 is 2.80 bits per heavy atom. The summed E-state index contributed by atoms with van der Waals surface area (Å²) in [5.41, 5.74) is 2.16. The van der Waals surface area contributed by atoms with Gasteiger partial charge in [-0.3, -0.25) is 0 Å². The van der Waals surface area contributed by atoms with E-state index in [9.17, 15) is 0 Å². The van der Waals surface area contributed by atoms with Crippen LogP contribution in [-0.4, -0.2) is 24.4 Å². The van der Waals surface area contributed by atoms with Crippen LogP contribution in [0.5, 0.6) is 5.75 Å². The summed E-state index contributed by atoms with van der Waals surface area (Å²) in [6, 6.07) is 12.1. The normalized spacial score (nSPS) is 18.0. The van der Waals surface area contributed by atoms with Crippen LogP contribution < -0.4 is 9.54 Å². The van der Waals surface area contributed by atoms with Crippen LogP contribution in [0.25, 0.3) is 10.6 Å². The number of methoxy groups -OCH3 is 1. The SMILES string of the molecule is COc1ccc(N=c2scc(-c3cccs3)n2CC2CCCO2)cc1. The summed E-state index contributed by atoms with van der Waals surface area (Å²) in [6.07, 6.45) is 2.55. The average molecular weight is 373 g/mol. The van der Waals surface area contributed by atoms with Gasteiger partial charge in [-0.15, -0.1) is 22.7 Å². The molecule has 3 aromatic rings. The van der Waals surface area contributed by atoms with E-state index < -0.39 is 0 Å². The van der Waals surface area contributed by atoms with Gasteiger partial charge in [-0.25, -0.2) is 4.99 Å². The fourth-order valence-corrected chi connectivity index (χ4v) is 4.73. The zero-order valence-electron chi connectivity index (χ0n) is 14.1. The molecule has 6 heteroatoms. The minimum absolute atomic E-state index is 0.281. The van der Waals surface area contributed by atoms with Crippen molar-refractivity contribution in [1.29, 1.82) is 0 Å². The largest absolute Gasteiger partial charge is 0.497 e. The lowest BCUT2D eigenvalue weighted by Gasteiger charge is -2.13. The highest BCUT2D eigenvalue weighted by Crippen LogP contribution is 2.27. The van der Waals surface area contributed by atoms with Gasteiger partial charge in [0.05, 0.1) is 36.0 Å². The van der Waals surface area contributed by atoms with Crippen molar-refractivity contribution >= 4 is 28.4 Å². The summed E-state index contributed by atoms with van der Waals surface area (Å²) in [6.45, 7) is 1.72. The molecule has 1 unspecified atom stereocenters. The lowest BCUT2D eigenvalue weighted by Crippen LogP contribution is -2.23. The second kappa shape index (κ2) is 7.56. The van der Waals surface area contributed by atoms with E-state index >= 15 is 0 Å². The van der Waals surface area contributed by atoms with E-state index in [0.717, 1.165) is 42.2 Å². The highest BCUT2D eigenvalue weighted by atomic mass is 32.1. The van der Waals surface area contributed by atoms with Gasteiger partial charge in [-0.1, -0.05) is 6.07 Å². The number of aromatic nitrogens is 1. The van der Waals surface area contributed by atoms with Crippen LogP contribution in [0.4, 0.5) is 5.69 Å². The van der Waals surface area contributed by atoms with Gasteiger partial charge in [-0.05, 0) is 48.6 Å². The maximum absolute atomic E-state index is 5.86. The molecule has 0 spiro atoms. The van der Waals surface area contributed by atoms with E-state index in [4.69, 9.17) is 14.5 Å². The second-order valence-corrected chi connectivity index (χ2v) is 7.72. The number of thiophene rings is 1. The zero-order valence-corrected chi connectivity index (χ0v) is 15.7. The molecule has 4 rings (SSSR count). The molecule has 4 nitrogen and oxygen atoms in total. The molecule has 1 atom stereocenters. The summed E-state index contributed by atoms with van der Waals surface area (Å²) in [5.74, 6) is 0.844. The molecule has 0 saturated carbocycles. The Kier molecular flexibility index (Phi) is 5.01. The number of rotatable bonds is 5. The second-order valence-electron chi connectivity index (χ2n) is 5.94. The van der Waals surface area contributed by atoms with Crippen molar-refractivity contribution in [2.75, 3.05) is 13.7 Å². The molecule has 0 amide bonds. The number of hydrogen-bond acceptors (Lipinski definition) is 5. The fourth-order valence-electron chi connectivity index (χ4n) is 2.98. The van der Waals surface area contributed by atoms with Gasteiger partial charge in [-0.2, -0.15) is 0 Å². The van der Waals surface area contributed by atoms with Crippen molar-refractivity contribution in [3.63, 3.8) is 0 Å². The number of nitrogens with zero attached hydrogens (tertiary/aromatic N) is 2. The lowest BCUT2D eigenvalue weighted by atomic mass is 10.2. The third-order valence-electron chi connectivity index (χ3n) is 4.28. The first kappa shape index (κ1) is 16.6. The van der Waals surface area contributed by atoms with Gasteiger partial charge in [0.2, 0.25) is 0 Å². The van der Waals surface area contributed by atoms with E-state index in [-0.39, 0.29) is 6.10 Å². The molecule has 130 valence electrons. The van der Waals surface area contributed by atoms with Gasteiger partial charge >= 0.3 is 0 Å². The van der Waals surface area contributed by atoms with Gasteiger partial charge in [0.15, 0.2) is 4.80 Å². The molecule has 1 aliphatic rings. The monoisotopic (exact) mass is 372 g/mol.